The molecule has 0 bridgehead atoms. The van der Waals surface area contributed by atoms with Crippen LogP contribution in [0.25, 0.3) is 0 Å². The van der Waals surface area contributed by atoms with Crippen molar-refractivity contribution in [3.8, 4) is 5.75 Å². The number of rotatable bonds is 5. The van der Waals surface area contributed by atoms with Crippen molar-refractivity contribution >= 4 is 5.91 Å². The number of amides is 1. The Morgan fingerprint density at radius 3 is 2.28 bits per heavy atom. The zero-order valence-electron chi connectivity index (χ0n) is 16.0. The third-order valence-corrected chi connectivity index (χ3v) is 4.82. The molecule has 2 aromatic rings. The van der Waals surface area contributed by atoms with Crippen LogP contribution in [0.3, 0.4) is 0 Å². The number of carbonyl (C=O) groups is 1. The van der Waals surface area contributed by atoms with Gasteiger partial charge in [-0.2, -0.15) is 13.2 Å². The van der Waals surface area contributed by atoms with E-state index in [0.717, 1.165) is 17.4 Å². The van der Waals surface area contributed by atoms with Gasteiger partial charge in [0.1, 0.15) is 11.6 Å². The zero-order valence-corrected chi connectivity index (χ0v) is 16.0. The monoisotopic (exact) mass is 410 g/mol. The molecule has 4 nitrogen and oxygen atoms in total. The number of hydrogen-bond acceptors (Lipinski definition) is 3. The summed E-state index contributed by atoms with van der Waals surface area (Å²) in [7, 11) is 0. The Labute approximate surface area is 166 Å². The summed E-state index contributed by atoms with van der Waals surface area (Å²) in [5.41, 5.74) is -0.460. The molecule has 0 radical (unpaired) electrons. The minimum atomic E-state index is -4.84. The van der Waals surface area contributed by atoms with Crippen molar-refractivity contribution < 1.29 is 27.1 Å². The summed E-state index contributed by atoms with van der Waals surface area (Å²) in [5.74, 6) is -1.09. The predicted octanol–water partition coefficient (Wildman–Crippen LogP) is 4.20. The number of alkyl halides is 3. The number of halogens is 4. The SMILES string of the molecule is CCOc1ccc(CN2CCN(C(=O)c3ccc(F)c(C(F)(F)F)c3)CC2)cc1. The van der Waals surface area contributed by atoms with E-state index in [1.54, 1.807) is 0 Å². The first-order valence-electron chi connectivity index (χ1n) is 9.38. The smallest absolute Gasteiger partial charge is 0.419 e. The molecular weight excluding hydrogens is 388 g/mol. The van der Waals surface area contributed by atoms with E-state index in [2.05, 4.69) is 4.90 Å². The van der Waals surface area contributed by atoms with Crippen LogP contribution in [0, 0.1) is 5.82 Å². The van der Waals surface area contributed by atoms with Gasteiger partial charge in [-0.25, -0.2) is 4.39 Å². The molecule has 1 amide bonds. The molecule has 1 aliphatic rings. The lowest BCUT2D eigenvalue weighted by molar-refractivity contribution is -0.140. The predicted molar refractivity (Wildman–Crippen MR) is 100 cm³/mol. The lowest BCUT2D eigenvalue weighted by Gasteiger charge is -2.35. The van der Waals surface area contributed by atoms with Gasteiger partial charge in [0.25, 0.3) is 5.91 Å². The fourth-order valence-electron chi connectivity index (χ4n) is 3.28. The summed E-state index contributed by atoms with van der Waals surface area (Å²) in [6.45, 7) is 5.24. The van der Waals surface area contributed by atoms with Crippen molar-refractivity contribution in [1.29, 1.82) is 0 Å². The maximum atomic E-state index is 13.4. The second-order valence-corrected chi connectivity index (χ2v) is 6.84. The molecule has 0 saturated carbocycles. The van der Waals surface area contributed by atoms with E-state index in [0.29, 0.717) is 51.5 Å². The largest absolute Gasteiger partial charge is 0.494 e. The van der Waals surface area contributed by atoms with E-state index in [1.807, 2.05) is 31.2 Å². The number of carbonyl (C=O) groups excluding carboxylic acids is 1. The van der Waals surface area contributed by atoms with Gasteiger partial charge in [-0.1, -0.05) is 12.1 Å². The zero-order chi connectivity index (χ0) is 21.0. The highest BCUT2D eigenvalue weighted by atomic mass is 19.4. The fraction of sp³-hybridized carbons (Fsp3) is 0.381. The Morgan fingerprint density at radius 1 is 1.03 bits per heavy atom. The maximum Gasteiger partial charge on any atom is 0.419 e. The highest BCUT2D eigenvalue weighted by Crippen LogP contribution is 2.32. The summed E-state index contributed by atoms with van der Waals surface area (Å²) >= 11 is 0. The third-order valence-electron chi connectivity index (χ3n) is 4.82. The van der Waals surface area contributed by atoms with Crippen molar-refractivity contribution in [3.63, 3.8) is 0 Å². The van der Waals surface area contributed by atoms with Gasteiger partial charge in [-0.3, -0.25) is 9.69 Å². The van der Waals surface area contributed by atoms with Gasteiger partial charge in [0, 0.05) is 38.3 Å². The van der Waals surface area contributed by atoms with Crippen LogP contribution >= 0.6 is 0 Å². The Bertz CT molecular complexity index is 845. The molecule has 0 atom stereocenters. The van der Waals surface area contributed by atoms with Gasteiger partial charge < -0.3 is 9.64 Å². The van der Waals surface area contributed by atoms with Crippen LogP contribution in [0.5, 0.6) is 5.75 Å². The van der Waals surface area contributed by atoms with Gasteiger partial charge in [-0.15, -0.1) is 0 Å². The normalized spacial score (nSPS) is 15.4. The number of hydrogen-bond donors (Lipinski definition) is 0. The number of ether oxygens (including phenoxy) is 1. The van der Waals surface area contributed by atoms with E-state index < -0.39 is 23.5 Å². The van der Waals surface area contributed by atoms with E-state index in [4.69, 9.17) is 4.74 Å². The Kier molecular flexibility index (Phi) is 6.42. The molecule has 1 saturated heterocycles. The Hall–Kier alpha value is -2.61. The highest BCUT2D eigenvalue weighted by molar-refractivity contribution is 5.94. The van der Waals surface area contributed by atoms with Crippen LogP contribution in [-0.4, -0.2) is 48.5 Å². The second-order valence-electron chi connectivity index (χ2n) is 6.84. The molecule has 0 spiro atoms. The molecule has 3 rings (SSSR count). The number of nitrogens with zero attached hydrogens (tertiary/aromatic N) is 2. The standard InChI is InChI=1S/C21H22F4N2O2/c1-2-29-17-6-3-15(4-7-17)14-26-9-11-27(12-10-26)20(28)16-5-8-19(22)18(13-16)21(23,24)25/h3-8,13H,2,9-12,14H2,1H3. The fourth-order valence-corrected chi connectivity index (χ4v) is 3.28. The quantitative estimate of drug-likeness (QED) is 0.693. The average molecular weight is 410 g/mol. The van der Waals surface area contributed by atoms with Crippen molar-refractivity contribution in [1.82, 2.24) is 9.80 Å². The van der Waals surface area contributed by atoms with Crippen LogP contribution in [0.15, 0.2) is 42.5 Å². The van der Waals surface area contributed by atoms with Gasteiger partial charge in [0.05, 0.1) is 12.2 Å². The van der Waals surface area contributed by atoms with E-state index in [1.165, 1.54) is 4.90 Å². The number of piperazine rings is 1. The van der Waals surface area contributed by atoms with Crippen molar-refractivity contribution in [2.75, 3.05) is 32.8 Å². The van der Waals surface area contributed by atoms with Gasteiger partial charge in [0.2, 0.25) is 0 Å². The maximum absolute atomic E-state index is 13.4. The molecule has 156 valence electrons. The summed E-state index contributed by atoms with van der Waals surface area (Å²) in [5, 5.41) is 0. The summed E-state index contributed by atoms with van der Waals surface area (Å²) in [4.78, 5) is 16.2. The minimum Gasteiger partial charge on any atom is -0.494 e. The van der Waals surface area contributed by atoms with E-state index in [-0.39, 0.29) is 5.56 Å². The molecule has 0 aliphatic carbocycles. The highest BCUT2D eigenvalue weighted by Gasteiger charge is 2.35. The van der Waals surface area contributed by atoms with E-state index in [9.17, 15) is 22.4 Å². The summed E-state index contributed by atoms with van der Waals surface area (Å²) in [6.07, 6.45) is -4.84. The third kappa shape index (κ3) is 5.26. The van der Waals surface area contributed by atoms with Gasteiger partial charge >= 0.3 is 6.18 Å². The lowest BCUT2D eigenvalue weighted by atomic mass is 10.1. The van der Waals surface area contributed by atoms with Crippen LogP contribution in [0.2, 0.25) is 0 Å². The average Bonchev–Trinajstić information content (AvgIpc) is 2.69. The van der Waals surface area contributed by atoms with E-state index >= 15 is 0 Å². The van der Waals surface area contributed by atoms with Gasteiger partial charge in [-0.05, 0) is 42.8 Å². The van der Waals surface area contributed by atoms with Crippen molar-refractivity contribution in [2.45, 2.75) is 19.6 Å². The number of benzene rings is 2. The Balaban J connectivity index is 1.58. The topological polar surface area (TPSA) is 32.8 Å². The molecular formula is C21H22F4N2O2. The van der Waals surface area contributed by atoms with Crippen molar-refractivity contribution in [3.05, 3.63) is 65.0 Å². The second kappa shape index (κ2) is 8.82. The molecule has 29 heavy (non-hydrogen) atoms. The minimum absolute atomic E-state index is 0.154. The first kappa shape index (κ1) is 21.1. The van der Waals surface area contributed by atoms with Crippen LogP contribution < -0.4 is 4.74 Å². The molecule has 1 fully saturated rings. The Morgan fingerprint density at radius 2 is 1.69 bits per heavy atom. The lowest BCUT2D eigenvalue weighted by Crippen LogP contribution is -2.48. The van der Waals surface area contributed by atoms with Crippen molar-refractivity contribution in [2.24, 2.45) is 0 Å². The van der Waals surface area contributed by atoms with Gasteiger partial charge in [0.15, 0.2) is 0 Å². The van der Waals surface area contributed by atoms with Crippen LogP contribution in [0.4, 0.5) is 17.6 Å². The molecule has 0 N–H and O–H groups in total. The molecule has 2 aromatic carbocycles. The van der Waals surface area contributed by atoms with Crippen LogP contribution in [-0.2, 0) is 12.7 Å². The molecule has 1 aliphatic heterocycles. The van der Waals surface area contributed by atoms with Crippen LogP contribution in [0.1, 0.15) is 28.4 Å². The molecule has 8 heteroatoms. The summed E-state index contributed by atoms with van der Waals surface area (Å²) in [6, 6.07) is 10.2. The first-order chi connectivity index (χ1) is 13.8. The first-order valence-corrected chi connectivity index (χ1v) is 9.38. The molecule has 0 aromatic heterocycles. The summed E-state index contributed by atoms with van der Waals surface area (Å²) < 4.78 is 57.5. The molecule has 0 unspecified atom stereocenters. The molecule has 1 heterocycles.